The number of halogens is 2. The summed E-state index contributed by atoms with van der Waals surface area (Å²) in [6.45, 7) is 2.56. The zero-order chi connectivity index (χ0) is 17.9. The second kappa shape index (κ2) is 7.90. The monoisotopic (exact) mass is 380 g/mol. The molecule has 1 aliphatic carbocycles. The number of amides is 1. The first-order valence-electron chi connectivity index (χ1n) is 9.10. The first kappa shape index (κ1) is 19.1. The van der Waals surface area contributed by atoms with Crippen LogP contribution >= 0.6 is 23.2 Å². The molecule has 1 heterocycles. The van der Waals surface area contributed by atoms with Crippen molar-refractivity contribution in [3.05, 3.63) is 23.8 Å². The van der Waals surface area contributed by atoms with Gasteiger partial charge in [0.25, 0.3) is 0 Å². The quantitative estimate of drug-likeness (QED) is 0.576. The number of carbonyl (C=O) groups is 1. The number of hydrogen-bond donors (Lipinski definition) is 1. The molecule has 6 heteroatoms. The molecule has 1 aliphatic heterocycles. The Bertz CT molecular complexity index is 620. The SMILES string of the molecule is C[B]c1ccc2c(c1)NC(=O)C21CCC(CCCCl)(OCCCl)CC1. The van der Waals surface area contributed by atoms with Crippen LogP contribution in [0.5, 0.6) is 0 Å². The molecule has 0 atom stereocenters. The van der Waals surface area contributed by atoms with Crippen LogP contribution < -0.4 is 10.8 Å². The van der Waals surface area contributed by atoms with Crippen LogP contribution in [-0.4, -0.2) is 37.2 Å². The molecule has 0 saturated heterocycles. The number of rotatable bonds is 7. The highest BCUT2D eigenvalue weighted by Gasteiger charge is 2.52. The first-order valence-corrected chi connectivity index (χ1v) is 10.2. The van der Waals surface area contributed by atoms with Crippen molar-refractivity contribution >= 4 is 47.5 Å². The van der Waals surface area contributed by atoms with Gasteiger partial charge in [0.1, 0.15) is 7.28 Å². The Morgan fingerprint density at radius 3 is 2.60 bits per heavy atom. The average Bonchev–Trinajstić information content (AvgIpc) is 2.91. The van der Waals surface area contributed by atoms with Gasteiger partial charge in [-0.25, -0.2) is 0 Å². The molecule has 1 saturated carbocycles. The standard InChI is InChI=1S/C19H25BCl2NO2/c1-20-14-3-4-15-16(13-14)23-17(24)19(15)8-6-18(7-9-19,5-2-10-21)25-12-11-22/h3-4,13H,2,5-12H2,1H3,(H,23,24). The smallest absolute Gasteiger partial charge is 0.235 e. The summed E-state index contributed by atoms with van der Waals surface area (Å²) in [6.07, 6.45) is 5.22. The van der Waals surface area contributed by atoms with Crippen LogP contribution in [0.3, 0.4) is 0 Å². The maximum Gasteiger partial charge on any atom is 0.235 e. The van der Waals surface area contributed by atoms with Gasteiger partial charge >= 0.3 is 0 Å². The molecule has 0 unspecified atom stereocenters. The van der Waals surface area contributed by atoms with Gasteiger partial charge in [0, 0.05) is 17.4 Å². The molecule has 0 aromatic heterocycles. The van der Waals surface area contributed by atoms with Gasteiger partial charge < -0.3 is 10.1 Å². The van der Waals surface area contributed by atoms with Crippen LogP contribution in [0.4, 0.5) is 5.69 Å². The zero-order valence-electron chi connectivity index (χ0n) is 14.7. The molecule has 25 heavy (non-hydrogen) atoms. The molecule has 1 N–H and O–H groups in total. The van der Waals surface area contributed by atoms with Crippen LogP contribution in [0.25, 0.3) is 0 Å². The number of fused-ring (bicyclic) bond motifs is 2. The van der Waals surface area contributed by atoms with E-state index in [4.69, 9.17) is 27.9 Å². The molecule has 1 fully saturated rings. The highest BCUT2D eigenvalue weighted by Crippen LogP contribution is 2.51. The largest absolute Gasteiger partial charge is 0.374 e. The number of nitrogens with one attached hydrogen (secondary N) is 1. The van der Waals surface area contributed by atoms with E-state index in [9.17, 15) is 4.79 Å². The fourth-order valence-electron chi connectivity index (χ4n) is 4.37. The fourth-order valence-corrected chi connectivity index (χ4v) is 4.58. The van der Waals surface area contributed by atoms with Gasteiger partial charge in [0.2, 0.25) is 5.91 Å². The van der Waals surface area contributed by atoms with Crippen LogP contribution in [0, 0.1) is 0 Å². The van der Waals surface area contributed by atoms with Crippen molar-refractivity contribution in [2.75, 3.05) is 23.7 Å². The van der Waals surface area contributed by atoms with Crippen molar-refractivity contribution in [1.82, 2.24) is 0 Å². The van der Waals surface area contributed by atoms with Gasteiger partial charge in [-0.2, -0.15) is 0 Å². The summed E-state index contributed by atoms with van der Waals surface area (Å²) in [6, 6.07) is 6.29. The van der Waals surface area contributed by atoms with Gasteiger partial charge in [-0.15, -0.1) is 23.2 Å². The highest BCUT2D eigenvalue weighted by atomic mass is 35.5. The number of hydrogen-bond acceptors (Lipinski definition) is 2. The lowest BCUT2D eigenvalue weighted by molar-refractivity contribution is -0.127. The molecule has 2 aliphatic rings. The minimum atomic E-state index is -0.406. The third kappa shape index (κ3) is 3.58. The Morgan fingerprint density at radius 2 is 1.96 bits per heavy atom. The van der Waals surface area contributed by atoms with Crippen LogP contribution in [0.1, 0.15) is 44.1 Å². The van der Waals surface area contributed by atoms with Crippen molar-refractivity contribution in [3.8, 4) is 0 Å². The topological polar surface area (TPSA) is 38.3 Å². The second-order valence-electron chi connectivity index (χ2n) is 7.14. The summed E-state index contributed by atoms with van der Waals surface area (Å²) in [4.78, 5) is 12.8. The van der Waals surface area contributed by atoms with E-state index in [1.54, 1.807) is 0 Å². The van der Waals surface area contributed by atoms with E-state index in [0.29, 0.717) is 18.4 Å². The second-order valence-corrected chi connectivity index (χ2v) is 7.90. The lowest BCUT2D eigenvalue weighted by Crippen LogP contribution is -2.46. The Labute approximate surface area is 161 Å². The molecule has 1 amide bonds. The van der Waals surface area contributed by atoms with E-state index < -0.39 is 5.41 Å². The maximum atomic E-state index is 12.8. The number of anilines is 1. The van der Waals surface area contributed by atoms with Gasteiger partial charge in [-0.3, -0.25) is 4.79 Å². The predicted molar refractivity (Wildman–Crippen MR) is 106 cm³/mol. The molecule has 3 rings (SSSR count). The third-order valence-corrected chi connectivity index (χ3v) is 6.26. The average molecular weight is 381 g/mol. The normalized spacial score (nSPS) is 28.0. The molecule has 1 spiro atoms. The molecule has 1 aromatic carbocycles. The van der Waals surface area contributed by atoms with Gasteiger partial charge in [-0.1, -0.05) is 24.4 Å². The summed E-state index contributed by atoms with van der Waals surface area (Å²) in [5, 5.41) is 3.10. The van der Waals surface area contributed by atoms with Crippen molar-refractivity contribution < 1.29 is 9.53 Å². The van der Waals surface area contributed by atoms with E-state index in [0.717, 1.165) is 55.2 Å². The summed E-state index contributed by atoms with van der Waals surface area (Å²) in [5.74, 6) is 1.27. The molecular weight excluding hydrogens is 356 g/mol. The summed E-state index contributed by atoms with van der Waals surface area (Å²) < 4.78 is 6.16. The zero-order valence-corrected chi connectivity index (χ0v) is 16.3. The first-order chi connectivity index (χ1) is 12.1. The molecule has 3 nitrogen and oxygen atoms in total. The highest BCUT2D eigenvalue weighted by molar-refractivity contribution is 6.52. The minimum absolute atomic E-state index is 0.138. The Morgan fingerprint density at radius 1 is 1.20 bits per heavy atom. The van der Waals surface area contributed by atoms with Crippen LogP contribution in [0.15, 0.2) is 18.2 Å². The Kier molecular flexibility index (Phi) is 6.02. The molecule has 0 bridgehead atoms. The number of ether oxygens (including phenoxy) is 1. The Hall–Kier alpha value is -0.705. The fraction of sp³-hybridized carbons (Fsp3) is 0.632. The van der Waals surface area contributed by atoms with Crippen molar-refractivity contribution in [2.24, 2.45) is 0 Å². The van der Waals surface area contributed by atoms with Gasteiger partial charge in [0.05, 0.1) is 17.6 Å². The molecule has 1 aromatic rings. The van der Waals surface area contributed by atoms with E-state index in [2.05, 4.69) is 30.8 Å². The Balaban J connectivity index is 1.81. The van der Waals surface area contributed by atoms with Crippen molar-refractivity contribution in [1.29, 1.82) is 0 Å². The van der Waals surface area contributed by atoms with Crippen molar-refractivity contribution in [3.63, 3.8) is 0 Å². The molecule has 1 radical (unpaired) electrons. The number of alkyl halides is 2. The predicted octanol–water partition coefficient (Wildman–Crippen LogP) is 3.84. The van der Waals surface area contributed by atoms with E-state index >= 15 is 0 Å². The summed E-state index contributed by atoms with van der Waals surface area (Å²) in [5.41, 5.74) is 2.65. The van der Waals surface area contributed by atoms with Crippen LogP contribution in [0.2, 0.25) is 6.82 Å². The lowest BCUT2D eigenvalue weighted by atomic mass is 9.64. The van der Waals surface area contributed by atoms with Crippen molar-refractivity contribution in [2.45, 2.75) is 56.4 Å². The van der Waals surface area contributed by atoms with E-state index in [-0.39, 0.29) is 11.5 Å². The van der Waals surface area contributed by atoms with Gasteiger partial charge in [-0.05, 0) is 50.2 Å². The van der Waals surface area contributed by atoms with E-state index in [1.165, 1.54) is 0 Å². The van der Waals surface area contributed by atoms with Crippen LogP contribution in [-0.2, 0) is 14.9 Å². The third-order valence-electron chi connectivity index (χ3n) is 5.84. The van der Waals surface area contributed by atoms with E-state index in [1.807, 2.05) is 6.82 Å². The minimum Gasteiger partial charge on any atom is -0.374 e. The molecular formula is C19H25BCl2NO2. The summed E-state index contributed by atoms with van der Waals surface area (Å²) in [7, 11) is 2.05. The maximum absolute atomic E-state index is 12.8. The lowest BCUT2D eigenvalue weighted by Gasteiger charge is -2.44. The number of carbonyl (C=O) groups excluding carboxylic acids is 1. The molecule has 135 valence electrons. The summed E-state index contributed by atoms with van der Waals surface area (Å²) >= 11 is 11.7. The van der Waals surface area contributed by atoms with Gasteiger partial charge in [0.15, 0.2) is 0 Å². The number of benzene rings is 1.